The van der Waals surface area contributed by atoms with Gasteiger partial charge in [0, 0.05) is 18.0 Å². The molecule has 1 unspecified atom stereocenters. The van der Waals surface area contributed by atoms with Gasteiger partial charge in [-0.25, -0.2) is 14.2 Å². The van der Waals surface area contributed by atoms with E-state index in [9.17, 15) is 9.18 Å². The summed E-state index contributed by atoms with van der Waals surface area (Å²) >= 11 is 5.89. The molecule has 2 amide bonds. The fourth-order valence-electron chi connectivity index (χ4n) is 4.30. The number of aromatic amines is 1. The maximum absolute atomic E-state index is 13.5. The highest BCUT2D eigenvalue weighted by atomic mass is 35.5. The number of aromatic nitrogens is 4. The normalized spacial score (nSPS) is 19.3. The van der Waals surface area contributed by atoms with Crippen LogP contribution in [-0.2, 0) is 13.0 Å². The van der Waals surface area contributed by atoms with Gasteiger partial charge in [-0.15, -0.1) is 0 Å². The Hall–Kier alpha value is -2.94. The number of fused-ring (bicyclic) bond motifs is 1. The van der Waals surface area contributed by atoms with E-state index in [4.69, 9.17) is 16.1 Å². The van der Waals surface area contributed by atoms with Crippen molar-refractivity contribution >= 4 is 17.6 Å². The summed E-state index contributed by atoms with van der Waals surface area (Å²) in [5.74, 6) is 0.0818. The van der Waals surface area contributed by atoms with Crippen LogP contribution >= 0.6 is 11.6 Å². The fraction of sp³-hybridized carbons (Fsp3) is 0.429. The minimum Gasteiger partial charge on any atom is -0.347 e. The number of halogens is 2. The van der Waals surface area contributed by atoms with Crippen LogP contribution in [0.4, 0.5) is 9.18 Å². The highest BCUT2D eigenvalue weighted by Crippen LogP contribution is 2.33. The van der Waals surface area contributed by atoms with Gasteiger partial charge in [0.05, 0.1) is 29.3 Å². The van der Waals surface area contributed by atoms with Crippen LogP contribution in [-0.4, -0.2) is 37.1 Å². The average Bonchev–Trinajstić information content (AvgIpc) is 3.44. The van der Waals surface area contributed by atoms with Gasteiger partial charge in [0.1, 0.15) is 11.9 Å². The molecule has 2 aliphatic rings. The quantitative estimate of drug-likeness (QED) is 0.623. The third-order valence-corrected chi connectivity index (χ3v) is 6.29. The topological polar surface area (TPSA) is 99.9 Å². The van der Waals surface area contributed by atoms with Crippen LogP contribution in [0.2, 0.25) is 5.02 Å². The molecule has 1 aliphatic heterocycles. The average molecular weight is 445 g/mol. The molecule has 31 heavy (non-hydrogen) atoms. The summed E-state index contributed by atoms with van der Waals surface area (Å²) < 4.78 is 19.0. The predicted octanol–water partition coefficient (Wildman–Crippen LogP) is 4.39. The molecule has 1 atom stereocenters. The van der Waals surface area contributed by atoms with E-state index in [0.717, 1.165) is 37.1 Å². The van der Waals surface area contributed by atoms with Crippen LogP contribution in [0.5, 0.6) is 0 Å². The number of amides is 2. The molecule has 8 nitrogen and oxygen atoms in total. The van der Waals surface area contributed by atoms with Crippen LogP contribution in [0.3, 0.4) is 0 Å². The van der Waals surface area contributed by atoms with Crippen molar-refractivity contribution < 1.29 is 13.7 Å². The largest absolute Gasteiger partial charge is 0.347 e. The van der Waals surface area contributed by atoms with Crippen molar-refractivity contribution in [2.45, 2.75) is 57.2 Å². The maximum atomic E-state index is 13.5. The van der Waals surface area contributed by atoms with Gasteiger partial charge < -0.3 is 19.7 Å². The van der Waals surface area contributed by atoms with E-state index in [-0.39, 0.29) is 22.9 Å². The molecule has 1 aromatic carbocycles. The number of imidazole rings is 1. The van der Waals surface area contributed by atoms with Crippen molar-refractivity contribution in [3.05, 3.63) is 52.6 Å². The predicted molar refractivity (Wildman–Crippen MR) is 111 cm³/mol. The molecule has 0 bridgehead atoms. The van der Waals surface area contributed by atoms with Gasteiger partial charge in [-0.3, -0.25) is 0 Å². The van der Waals surface area contributed by atoms with E-state index in [1.54, 1.807) is 11.2 Å². The van der Waals surface area contributed by atoms with E-state index in [0.29, 0.717) is 24.4 Å². The van der Waals surface area contributed by atoms with Crippen LogP contribution < -0.4 is 5.32 Å². The Labute approximate surface area is 183 Å². The Morgan fingerprint density at radius 2 is 2.13 bits per heavy atom. The highest BCUT2D eigenvalue weighted by molar-refractivity contribution is 6.31. The number of nitrogens with zero attached hydrogens (tertiary/aromatic N) is 4. The Bertz CT molecular complexity index is 1090. The first-order chi connectivity index (χ1) is 15.1. The van der Waals surface area contributed by atoms with Gasteiger partial charge >= 0.3 is 6.03 Å². The van der Waals surface area contributed by atoms with Gasteiger partial charge in [-0.2, -0.15) is 4.98 Å². The molecular weight excluding hydrogens is 423 g/mol. The van der Waals surface area contributed by atoms with Crippen molar-refractivity contribution in [1.29, 1.82) is 0 Å². The Morgan fingerprint density at radius 3 is 2.94 bits per heavy atom. The van der Waals surface area contributed by atoms with Crippen molar-refractivity contribution in [1.82, 2.24) is 30.3 Å². The maximum Gasteiger partial charge on any atom is 0.318 e. The van der Waals surface area contributed by atoms with E-state index in [1.807, 2.05) is 0 Å². The zero-order chi connectivity index (χ0) is 21.4. The summed E-state index contributed by atoms with van der Waals surface area (Å²) in [7, 11) is 0. The molecule has 1 fully saturated rings. The SMILES string of the molecule is O=C(NC1CCCCC1)N1Cc2[nH]cnc2CC1c1nc(-c2ccc(F)c(Cl)c2)no1. The summed E-state index contributed by atoms with van der Waals surface area (Å²) in [6.45, 7) is 0.374. The van der Waals surface area contributed by atoms with E-state index >= 15 is 0 Å². The number of rotatable bonds is 3. The molecular formula is C21H22ClFN6O2. The third-order valence-electron chi connectivity index (χ3n) is 6.00. The first-order valence-electron chi connectivity index (χ1n) is 10.5. The lowest BCUT2D eigenvalue weighted by molar-refractivity contribution is 0.138. The monoisotopic (exact) mass is 444 g/mol. The first kappa shape index (κ1) is 20.0. The molecule has 162 valence electrons. The Morgan fingerprint density at radius 1 is 1.29 bits per heavy atom. The second-order valence-electron chi connectivity index (χ2n) is 8.05. The van der Waals surface area contributed by atoms with Crippen molar-refractivity contribution in [2.24, 2.45) is 0 Å². The number of hydrogen-bond acceptors (Lipinski definition) is 5. The molecule has 1 aliphatic carbocycles. The smallest absolute Gasteiger partial charge is 0.318 e. The molecule has 0 saturated heterocycles. The lowest BCUT2D eigenvalue weighted by atomic mass is 9.95. The molecule has 0 spiro atoms. The minimum atomic E-state index is -0.516. The van der Waals surface area contributed by atoms with Crippen LogP contribution in [0.25, 0.3) is 11.4 Å². The Kier molecular flexibility index (Phi) is 5.35. The summed E-state index contributed by atoms with van der Waals surface area (Å²) in [6.07, 6.45) is 7.56. The number of hydrogen-bond donors (Lipinski definition) is 2. The lowest BCUT2D eigenvalue weighted by Crippen LogP contribution is -2.48. The van der Waals surface area contributed by atoms with Gasteiger partial charge in [0.15, 0.2) is 0 Å². The summed E-state index contributed by atoms with van der Waals surface area (Å²) in [6, 6.07) is 3.83. The third kappa shape index (κ3) is 4.01. The fourth-order valence-corrected chi connectivity index (χ4v) is 4.48. The zero-order valence-electron chi connectivity index (χ0n) is 16.8. The number of H-pyrrole nitrogens is 1. The van der Waals surface area contributed by atoms with Crippen LogP contribution in [0.15, 0.2) is 29.0 Å². The van der Waals surface area contributed by atoms with Crippen LogP contribution in [0, 0.1) is 5.82 Å². The van der Waals surface area contributed by atoms with Crippen molar-refractivity contribution in [3.63, 3.8) is 0 Å². The van der Waals surface area contributed by atoms with Crippen molar-refractivity contribution in [3.8, 4) is 11.4 Å². The molecule has 2 aromatic heterocycles. The number of carbonyl (C=O) groups is 1. The zero-order valence-corrected chi connectivity index (χ0v) is 17.5. The molecule has 3 aromatic rings. The highest BCUT2D eigenvalue weighted by Gasteiger charge is 2.37. The standard InChI is InChI=1S/C21H22ClFN6O2/c22-14-8-12(6-7-15(14)23)19-27-20(31-28-19)18-9-16-17(25-11-24-16)10-29(18)21(30)26-13-4-2-1-3-5-13/h6-8,11,13,18H,1-5,9-10H2,(H,24,25)(H,26,30). The molecule has 10 heteroatoms. The molecule has 5 rings (SSSR count). The van der Waals surface area contributed by atoms with Gasteiger partial charge in [-0.1, -0.05) is 36.0 Å². The number of urea groups is 1. The first-order valence-corrected chi connectivity index (χ1v) is 10.8. The molecule has 3 heterocycles. The second kappa shape index (κ2) is 8.30. The Balaban J connectivity index is 1.42. The summed E-state index contributed by atoms with van der Waals surface area (Å²) in [5, 5.41) is 7.18. The van der Waals surface area contributed by atoms with Crippen molar-refractivity contribution in [2.75, 3.05) is 0 Å². The van der Waals surface area contributed by atoms with Gasteiger partial charge in [-0.05, 0) is 31.0 Å². The van der Waals surface area contributed by atoms with Crippen LogP contribution in [0.1, 0.15) is 55.4 Å². The van der Waals surface area contributed by atoms with Gasteiger partial charge in [0.2, 0.25) is 11.7 Å². The van der Waals surface area contributed by atoms with E-state index in [2.05, 4.69) is 25.4 Å². The summed E-state index contributed by atoms with van der Waals surface area (Å²) in [5.41, 5.74) is 2.31. The number of benzene rings is 1. The number of carbonyl (C=O) groups excluding carboxylic acids is 1. The van der Waals surface area contributed by atoms with Gasteiger partial charge in [0.25, 0.3) is 0 Å². The van der Waals surface area contributed by atoms with E-state index < -0.39 is 11.9 Å². The summed E-state index contributed by atoms with van der Waals surface area (Å²) in [4.78, 5) is 26.9. The van der Waals surface area contributed by atoms with E-state index in [1.165, 1.54) is 24.6 Å². The molecule has 2 N–H and O–H groups in total. The molecule has 1 saturated carbocycles. The number of nitrogens with one attached hydrogen (secondary N) is 2. The molecule has 0 radical (unpaired) electrons. The second-order valence-corrected chi connectivity index (χ2v) is 8.45. The lowest BCUT2D eigenvalue weighted by Gasteiger charge is -2.34. The minimum absolute atomic E-state index is 0.0174.